The maximum Gasteiger partial charge on any atom is 0.227 e. The predicted octanol–water partition coefficient (Wildman–Crippen LogP) is 1.16. The normalized spacial score (nSPS) is 24.2. The number of amides is 1. The maximum absolute atomic E-state index is 11.9. The SMILES string of the molecule is CC(C)COCCCNC(=O)C1(C)CCNC1. The lowest BCUT2D eigenvalue weighted by Gasteiger charge is -2.21. The molecule has 0 spiro atoms. The van der Waals surface area contributed by atoms with E-state index in [2.05, 4.69) is 24.5 Å². The highest BCUT2D eigenvalue weighted by molar-refractivity contribution is 5.82. The smallest absolute Gasteiger partial charge is 0.227 e. The van der Waals surface area contributed by atoms with Crippen molar-refractivity contribution in [3.05, 3.63) is 0 Å². The van der Waals surface area contributed by atoms with Gasteiger partial charge in [0.1, 0.15) is 0 Å². The van der Waals surface area contributed by atoms with E-state index in [9.17, 15) is 4.79 Å². The summed E-state index contributed by atoms with van der Waals surface area (Å²) in [6.07, 6.45) is 1.82. The minimum Gasteiger partial charge on any atom is -0.381 e. The highest BCUT2D eigenvalue weighted by Crippen LogP contribution is 2.24. The van der Waals surface area contributed by atoms with Gasteiger partial charge in [-0.2, -0.15) is 0 Å². The first-order chi connectivity index (χ1) is 8.04. The Hall–Kier alpha value is -0.610. The second-order valence-corrected chi connectivity index (χ2v) is 5.57. The molecule has 0 radical (unpaired) electrons. The van der Waals surface area contributed by atoms with Crippen LogP contribution in [0.25, 0.3) is 0 Å². The molecule has 100 valence electrons. The molecule has 0 bridgehead atoms. The Morgan fingerprint density at radius 2 is 2.29 bits per heavy atom. The van der Waals surface area contributed by atoms with Crippen molar-refractivity contribution in [3.63, 3.8) is 0 Å². The summed E-state index contributed by atoms with van der Waals surface area (Å²) in [5, 5.41) is 6.23. The van der Waals surface area contributed by atoms with Crippen molar-refractivity contribution in [1.29, 1.82) is 0 Å². The van der Waals surface area contributed by atoms with E-state index >= 15 is 0 Å². The third-order valence-electron chi connectivity index (χ3n) is 3.12. The standard InChI is InChI=1S/C13H26N2O2/c1-11(2)9-17-8-4-6-15-12(16)13(3)5-7-14-10-13/h11,14H,4-10H2,1-3H3,(H,15,16). The van der Waals surface area contributed by atoms with Crippen LogP contribution in [0, 0.1) is 11.3 Å². The summed E-state index contributed by atoms with van der Waals surface area (Å²) in [6, 6.07) is 0. The molecule has 0 aromatic carbocycles. The number of rotatable bonds is 7. The Balaban J connectivity index is 2.04. The van der Waals surface area contributed by atoms with Gasteiger partial charge in [0.15, 0.2) is 0 Å². The van der Waals surface area contributed by atoms with E-state index in [0.717, 1.165) is 39.1 Å². The fourth-order valence-electron chi connectivity index (χ4n) is 1.92. The zero-order valence-electron chi connectivity index (χ0n) is 11.3. The van der Waals surface area contributed by atoms with Crippen molar-refractivity contribution in [1.82, 2.24) is 10.6 Å². The number of nitrogens with one attached hydrogen (secondary N) is 2. The molecule has 1 aliphatic rings. The fourth-order valence-corrected chi connectivity index (χ4v) is 1.92. The monoisotopic (exact) mass is 242 g/mol. The van der Waals surface area contributed by atoms with E-state index in [-0.39, 0.29) is 11.3 Å². The van der Waals surface area contributed by atoms with Crippen LogP contribution in [0.15, 0.2) is 0 Å². The van der Waals surface area contributed by atoms with Crippen molar-refractivity contribution in [2.24, 2.45) is 11.3 Å². The number of hydrogen-bond donors (Lipinski definition) is 2. The van der Waals surface area contributed by atoms with Crippen molar-refractivity contribution < 1.29 is 9.53 Å². The molecule has 0 aromatic heterocycles. The lowest BCUT2D eigenvalue weighted by molar-refractivity contribution is -0.129. The molecule has 17 heavy (non-hydrogen) atoms. The molecule has 2 N–H and O–H groups in total. The minimum absolute atomic E-state index is 0.173. The Labute approximate surface area is 104 Å². The highest BCUT2D eigenvalue weighted by Gasteiger charge is 2.35. The number of carbonyl (C=O) groups is 1. The summed E-state index contributed by atoms with van der Waals surface area (Å²) in [7, 11) is 0. The predicted molar refractivity (Wildman–Crippen MR) is 68.9 cm³/mol. The Bertz CT molecular complexity index is 236. The van der Waals surface area contributed by atoms with Gasteiger partial charge in [-0.15, -0.1) is 0 Å². The Kier molecular flexibility index (Phi) is 5.92. The lowest BCUT2D eigenvalue weighted by Crippen LogP contribution is -2.40. The molecule has 1 heterocycles. The van der Waals surface area contributed by atoms with Gasteiger partial charge in [-0.05, 0) is 32.2 Å². The molecule has 1 amide bonds. The van der Waals surface area contributed by atoms with Gasteiger partial charge in [-0.3, -0.25) is 4.79 Å². The first-order valence-corrected chi connectivity index (χ1v) is 6.61. The van der Waals surface area contributed by atoms with Crippen LogP contribution in [0.2, 0.25) is 0 Å². The Morgan fingerprint density at radius 1 is 1.53 bits per heavy atom. The van der Waals surface area contributed by atoms with Gasteiger partial charge in [0.2, 0.25) is 5.91 Å². The summed E-state index contributed by atoms with van der Waals surface area (Å²) in [5.41, 5.74) is -0.210. The summed E-state index contributed by atoms with van der Waals surface area (Å²) >= 11 is 0. The largest absolute Gasteiger partial charge is 0.381 e. The summed E-state index contributed by atoms with van der Waals surface area (Å²) in [5.74, 6) is 0.749. The van der Waals surface area contributed by atoms with Gasteiger partial charge >= 0.3 is 0 Å². The number of hydrogen-bond acceptors (Lipinski definition) is 3. The third kappa shape index (κ3) is 5.04. The van der Waals surface area contributed by atoms with Gasteiger partial charge < -0.3 is 15.4 Å². The van der Waals surface area contributed by atoms with E-state index in [1.54, 1.807) is 0 Å². The fraction of sp³-hybridized carbons (Fsp3) is 0.923. The Morgan fingerprint density at radius 3 is 2.88 bits per heavy atom. The third-order valence-corrected chi connectivity index (χ3v) is 3.12. The van der Waals surface area contributed by atoms with E-state index in [0.29, 0.717) is 12.5 Å². The van der Waals surface area contributed by atoms with Crippen LogP contribution in [0.4, 0.5) is 0 Å². The molecule has 4 heteroatoms. The molecule has 1 rings (SSSR count). The van der Waals surface area contributed by atoms with Crippen LogP contribution >= 0.6 is 0 Å². The van der Waals surface area contributed by atoms with Gasteiger partial charge in [-0.25, -0.2) is 0 Å². The van der Waals surface area contributed by atoms with Crippen LogP contribution in [0.1, 0.15) is 33.6 Å². The van der Waals surface area contributed by atoms with Crippen LogP contribution in [0.3, 0.4) is 0 Å². The van der Waals surface area contributed by atoms with Gasteiger partial charge in [0.05, 0.1) is 5.41 Å². The van der Waals surface area contributed by atoms with Gasteiger partial charge in [0.25, 0.3) is 0 Å². The van der Waals surface area contributed by atoms with Crippen molar-refractivity contribution in [2.45, 2.75) is 33.6 Å². The first kappa shape index (κ1) is 14.5. The molecular weight excluding hydrogens is 216 g/mol. The molecule has 4 nitrogen and oxygen atoms in total. The highest BCUT2D eigenvalue weighted by atomic mass is 16.5. The quantitative estimate of drug-likeness (QED) is 0.659. The van der Waals surface area contributed by atoms with Crippen molar-refractivity contribution in [3.8, 4) is 0 Å². The zero-order valence-corrected chi connectivity index (χ0v) is 11.3. The molecular formula is C13H26N2O2. The lowest BCUT2D eigenvalue weighted by atomic mass is 9.89. The molecule has 0 saturated carbocycles. The molecule has 1 unspecified atom stereocenters. The number of ether oxygens (including phenoxy) is 1. The maximum atomic E-state index is 11.9. The number of carbonyl (C=O) groups excluding carboxylic acids is 1. The molecule has 0 aliphatic carbocycles. The van der Waals surface area contributed by atoms with Crippen molar-refractivity contribution in [2.75, 3.05) is 32.8 Å². The van der Waals surface area contributed by atoms with E-state index in [1.165, 1.54) is 0 Å². The second kappa shape index (κ2) is 6.97. The second-order valence-electron chi connectivity index (χ2n) is 5.57. The molecule has 0 aromatic rings. The first-order valence-electron chi connectivity index (χ1n) is 6.61. The summed E-state index contributed by atoms with van der Waals surface area (Å²) in [4.78, 5) is 11.9. The van der Waals surface area contributed by atoms with E-state index in [1.807, 2.05) is 6.92 Å². The average molecular weight is 242 g/mol. The van der Waals surface area contributed by atoms with Crippen molar-refractivity contribution >= 4 is 5.91 Å². The van der Waals surface area contributed by atoms with Crippen LogP contribution in [-0.2, 0) is 9.53 Å². The molecule has 1 aliphatic heterocycles. The minimum atomic E-state index is -0.210. The van der Waals surface area contributed by atoms with E-state index in [4.69, 9.17) is 4.74 Å². The summed E-state index contributed by atoms with van der Waals surface area (Å²) in [6.45, 7) is 10.3. The molecule has 1 saturated heterocycles. The molecule has 1 atom stereocenters. The van der Waals surface area contributed by atoms with Crippen LogP contribution < -0.4 is 10.6 Å². The topological polar surface area (TPSA) is 50.4 Å². The zero-order chi connectivity index (χ0) is 12.7. The van der Waals surface area contributed by atoms with Gasteiger partial charge in [0, 0.05) is 26.3 Å². The molecule has 1 fully saturated rings. The average Bonchev–Trinajstić information content (AvgIpc) is 2.71. The van der Waals surface area contributed by atoms with Gasteiger partial charge in [-0.1, -0.05) is 13.8 Å². The summed E-state index contributed by atoms with van der Waals surface area (Å²) < 4.78 is 5.46. The van der Waals surface area contributed by atoms with E-state index < -0.39 is 0 Å². The van der Waals surface area contributed by atoms with Crippen LogP contribution in [0.5, 0.6) is 0 Å². The van der Waals surface area contributed by atoms with Crippen LogP contribution in [-0.4, -0.2) is 38.8 Å².